The predicted octanol–water partition coefficient (Wildman–Crippen LogP) is 4.03. The Morgan fingerprint density at radius 1 is 1.17 bits per heavy atom. The Hall–Kier alpha value is -1.83. The third-order valence-electron chi connectivity index (χ3n) is 3.40. The van der Waals surface area contributed by atoms with Gasteiger partial charge in [-0.25, -0.2) is 0 Å². The van der Waals surface area contributed by atoms with Crippen molar-refractivity contribution in [1.29, 1.82) is 0 Å². The Kier molecular flexibility index (Phi) is 3.37. The van der Waals surface area contributed by atoms with Crippen LogP contribution in [0.3, 0.4) is 0 Å². The molecule has 0 saturated carbocycles. The highest BCUT2D eigenvalue weighted by atomic mass is 16.1. The number of benzene rings is 1. The van der Waals surface area contributed by atoms with Crippen LogP contribution in [0.25, 0.3) is 5.69 Å². The van der Waals surface area contributed by atoms with Crippen LogP contribution in [0.4, 0.5) is 0 Å². The van der Waals surface area contributed by atoms with E-state index in [-0.39, 0.29) is 0 Å². The SMILES string of the molecule is Cc1cc(C=O)c(C)n1-c1ccccc1C(C)C. The molecule has 2 nitrogen and oxygen atoms in total. The monoisotopic (exact) mass is 241 g/mol. The summed E-state index contributed by atoms with van der Waals surface area (Å²) in [6.07, 6.45) is 0.927. The van der Waals surface area contributed by atoms with Gasteiger partial charge in [0.15, 0.2) is 6.29 Å². The molecule has 0 amide bonds. The lowest BCUT2D eigenvalue weighted by Gasteiger charge is -2.17. The highest BCUT2D eigenvalue weighted by molar-refractivity contribution is 5.77. The van der Waals surface area contributed by atoms with E-state index in [0.29, 0.717) is 5.92 Å². The van der Waals surface area contributed by atoms with E-state index in [0.717, 1.165) is 23.2 Å². The zero-order valence-electron chi connectivity index (χ0n) is 11.4. The van der Waals surface area contributed by atoms with Crippen LogP contribution in [0.2, 0.25) is 0 Å². The summed E-state index contributed by atoms with van der Waals surface area (Å²) in [4.78, 5) is 11.0. The topological polar surface area (TPSA) is 22.0 Å². The third kappa shape index (κ3) is 1.99. The molecule has 1 aromatic heterocycles. The molecule has 0 atom stereocenters. The number of rotatable bonds is 3. The number of hydrogen-bond donors (Lipinski definition) is 0. The third-order valence-corrected chi connectivity index (χ3v) is 3.40. The van der Waals surface area contributed by atoms with Crippen LogP contribution < -0.4 is 0 Å². The smallest absolute Gasteiger partial charge is 0.151 e. The van der Waals surface area contributed by atoms with Gasteiger partial charge >= 0.3 is 0 Å². The highest BCUT2D eigenvalue weighted by Gasteiger charge is 2.13. The van der Waals surface area contributed by atoms with E-state index >= 15 is 0 Å². The van der Waals surface area contributed by atoms with Gasteiger partial charge in [-0.05, 0) is 37.5 Å². The average Bonchev–Trinajstić information content (AvgIpc) is 2.64. The van der Waals surface area contributed by atoms with E-state index < -0.39 is 0 Å². The molecule has 1 heterocycles. The Balaban J connectivity index is 2.69. The summed E-state index contributed by atoms with van der Waals surface area (Å²) in [7, 11) is 0. The van der Waals surface area contributed by atoms with Gasteiger partial charge in [-0.2, -0.15) is 0 Å². The molecular formula is C16H19NO. The molecule has 0 aliphatic carbocycles. The van der Waals surface area contributed by atoms with E-state index in [9.17, 15) is 4.79 Å². The molecule has 0 fully saturated rings. The number of aryl methyl sites for hydroxylation is 1. The molecule has 94 valence electrons. The Morgan fingerprint density at radius 3 is 2.39 bits per heavy atom. The van der Waals surface area contributed by atoms with Crippen LogP contribution in [-0.2, 0) is 0 Å². The van der Waals surface area contributed by atoms with Gasteiger partial charge in [0.2, 0.25) is 0 Å². The minimum atomic E-state index is 0.460. The van der Waals surface area contributed by atoms with Crippen molar-refractivity contribution < 1.29 is 4.79 Å². The quantitative estimate of drug-likeness (QED) is 0.744. The van der Waals surface area contributed by atoms with Crippen molar-refractivity contribution in [2.75, 3.05) is 0 Å². The average molecular weight is 241 g/mol. The maximum Gasteiger partial charge on any atom is 0.151 e. The Bertz CT molecular complexity index is 579. The van der Waals surface area contributed by atoms with Gasteiger partial charge in [0.05, 0.1) is 0 Å². The lowest BCUT2D eigenvalue weighted by molar-refractivity contribution is 0.112. The molecule has 0 radical (unpaired) electrons. The highest BCUT2D eigenvalue weighted by Crippen LogP contribution is 2.27. The largest absolute Gasteiger partial charge is 0.317 e. The normalized spacial score (nSPS) is 10.9. The number of carbonyl (C=O) groups excluding carboxylic acids is 1. The van der Waals surface area contributed by atoms with Crippen LogP contribution in [0.5, 0.6) is 0 Å². The molecule has 0 aliphatic rings. The summed E-state index contributed by atoms with van der Waals surface area (Å²) >= 11 is 0. The summed E-state index contributed by atoms with van der Waals surface area (Å²) < 4.78 is 2.17. The van der Waals surface area contributed by atoms with Crippen molar-refractivity contribution in [3.8, 4) is 5.69 Å². The molecule has 1 aromatic carbocycles. The molecule has 0 N–H and O–H groups in total. The van der Waals surface area contributed by atoms with Crippen molar-refractivity contribution in [2.45, 2.75) is 33.6 Å². The van der Waals surface area contributed by atoms with Crippen molar-refractivity contribution >= 4 is 6.29 Å². The molecular weight excluding hydrogens is 222 g/mol. The zero-order valence-corrected chi connectivity index (χ0v) is 11.4. The van der Waals surface area contributed by atoms with E-state index in [1.165, 1.54) is 11.3 Å². The summed E-state index contributed by atoms with van der Waals surface area (Å²) in [5.74, 6) is 0.460. The van der Waals surface area contributed by atoms with E-state index in [4.69, 9.17) is 0 Å². The molecule has 18 heavy (non-hydrogen) atoms. The van der Waals surface area contributed by atoms with Gasteiger partial charge in [0, 0.05) is 22.6 Å². The first-order valence-corrected chi connectivity index (χ1v) is 6.29. The first-order valence-electron chi connectivity index (χ1n) is 6.29. The summed E-state index contributed by atoms with van der Waals surface area (Å²) in [6.45, 7) is 8.41. The fourth-order valence-corrected chi connectivity index (χ4v) is 2.46. The number of carbonyl (C=O) groups is 1. The standard InChI is InChI=1S/C16H19NO/c1-11(2)15-7-5-6-8-16(15)17-12(3)9-14(10-18)13(17)4/h5-11H,1-4H3. The Labute approximate surface area is 108 Å². The van der Waals surface area contributed by atoms with Gasteiger partial charge in [-0.15, -0.1) is 0 Å². The fraction of sp³-hybridized carbons (Fsp3) is 0.312. The van der Waals surface area contributed by atoms with Crippen LogP contribution in [-0.4, -0.2) is 10.9 Å². The van der Waals surface area contributed by atoms with Crippen LogP contribution >= 0.6 is 0 Å². The lowest BCUT2D eigenvalue weighted by Crippen LogP contribution is -2.04. The second-order valence-electron chi connectivity index (χ2n) is 4.99. The van der Waals surface area contributed by atoms with Crippen molar-refractivity contribution in [3.05, 3.63) is 52.8 Å². The van der Waals surface area contributed by atoms with Gasteiger partial charge in [0.1, 0.15) is 0 Å². The number of hydrogen-bond acceptors (Lipinski definition) is 1. The second-order valence-corrected chi connectivity index (χ2v) is 4.99. The molecule has 0 spiro atoms. The van der Waals surface area contributed by atoms with Crippen molar-refractivity contribution in [3.63, 3.8) is 0 Å². The van der Waals surface area contributed by atoms with Gasteiger partial charge < -0.3 is 4.57 Å². The number of para-hydroxylation sites is 1. The molecule has 0 unspecified atom stereocenters. The van der Waals surface area contributed by atoms with Crippen LogP contribution in [0, 0.1) is 13.8 Å². The van der Waals surface area contributed by atoms with Gasteiger partial charge in [-0.1, -0.05) is 32.0 Å². The maximum atomic E-state index is 11.0. The number of aromatic nitrogens is 1. The van der Waals surface area contributed by atoms with Crippen LogP contribution in [0.1, 0.15) is 47.1 Å². The molecule has 2 rings (SSSR count). The summed E-state index contributed by atoms with van der Waals surface area (Å²) in [6, 6.07) is 10.3. The fourth-order valence-electron chi connectivity index (χ4n) is 2.46. The number of aldehydes is 1. The Morgan fingerprint density at radius 2 is 1.83 bits per heavy atom. The molecule has 2 aromatic rings. The summed E-state index contributed by atoms with van der Waals surface area (Å²) in [5.41, 5.74) is 5.36. The van der Waals surface area contributed by atoms with E-state index in [2.05, 4.69) is 36.6 Å². The second kappa shape index (κ2) is 4.81. The molecule has 0 saturated heterocycles. The van der Waals surface area contributed by atoms with Crippen LogP contribution in [0.15, 0.2) is 30.3 Å². The zero-order chi connectivity index (χ0) is 13.3. The molecule has 0 bridgehead atoms. The lowest BCUT2D eigenvalue weighted by atomic mass is 10.0. The molecule has 2 heteroatoms. The minimum absolute atomic E-state index is 0.460. The van der Waals surface area contributed by atoms with Crippen molar-refractivity contribution in [1.82, 2.24) is 4.57 Å². The van der Waals surface area contributed by atoms with Gasteiger partial charge in [-0.3, -0.25) is 4.79 Å². The van der Waals surface area contributed by atoms with Gasteiger partial charge in [0.25, 0.3) is 0 Å². The summed E-state index contributed by atoms with van der Waals surface area (Å²) in [5, 5.41) is 0. The number of nitrogens with zero attached hydrogens (tertiary/aromatic N) is 1. The minimum Gasteiger partial charge on any atom is -0.317 e. The predicted molar refractivity (Wildman–Crippen MR) is 74.7 cm³/mol. The first-order chi connectivity index (χ1) is 8.56. The van der Waals surface area contributed by atoms with Crippen molar-refractivity contribution in [2.24, 2.45) is 0 Å². The first kappa shape index (κ1) is 12.6. The van der Waals surface area contributed by atoms with E-state index in [1.807, 2.05) is 26.0 Å². The van der Waals surface area contributed by atoms with E-state index in [1.54, 1.807) is 0 Å². The maximum absolute atomic E-state index is 11.0. The molecule has 0 aliphatic heterocycles.